The Morgan fingerprint density at radius 2 is 1.74 bits per heavy atom. The van der Waals surface area contributed by atoms with Gasteiger partial charge in [-0.3, -0.25) is 4.99 Å². The van der Waals surface area contributed by atoms with Gasteiger partial charge in [-0.25, -0.2) is 0 Å². The standard InChI is InChI=1S/C19H24ClN3O3.HI/c1-21-19(23-14-6-8-17(25-3)18(11-14)26-4)22-10-9-13-5-7-15(24-2)12-16(13)20;/h5-8,11-12H,9-10H2,1-4H3,(H2,21,22,23);1H. The monoisotopic (exact) mass is 505 g/mol. The Morgan fingerprint density at radius 3 is 2.33 bits per heavy atom. The molecule has 27 heavy (non-hydrogen) atoms. The summed E-state index contributed by atoms with van der Waals surface area (Å²) in [5.74, 6) is 2.73. The van der Waals surface area contributed by atoms with Gasteiger partial charge in [-0.1, -0.05) is 17.7 Å². The molecule has 0 aliphatic heterocycles. The molecule has 0 fully saturated rings. The second-order valence-electron chi connectivity index (χ2n) is 5.40. The van der Waals surface area contributed by atoms with Crippen molar-refractivity contribution < 1.29 is 14.2 Å². The van der Waals surface area contributed by atoms with Gasteiger partial charge >= 0.3 is 0 Å². The Balaban J connectivity index is 0.00000364. The molecule has 8 heteroatoms. The average molecular weight is 506 g/mol. The zero-order valence-corrected chi connectivity index (χ0v) is 18.9. The van der Waals surface area contributed by atoms with Gasteiger partial charge in [0.05, 0.1) is 21.3 Å². The van der Waals surface area contributed by atoms with Crippen molar-refractivity contribution in [3.05, 3.63) is 47.0 Å². The van der Waals surface area contributed by atoms with Gasteiger partial charge in [0.1, 0.15) is 5.75 Å². The van der Waals surface area contributed by atoms with Crippen LogP contribution in [0.1, 0.15) is 5.56 Å². The molecule has 2 aromatic rings. The van der Waals surface area contributed by atoms with Crippen LogP contribution in [-0.2, 0) is 6.42 Å². The molecule has 0 saturated carbocycles. The lowest BCUT2D eigenvalue weighted by molar-refractivity contribution is 0.355. The lowest BCUT2D eigenvalue weighted by Crippen LogP contribution is -2.32. The SMILES string of the molecule is CN=C(NCCc1ccc(OC)cc1Cl)Nc1ccc(OC)c(OC)c1.I. The van der Waals surface area contributed by atoms with E-state index in [9.17, 15) is 0 Å². The molecule has 2 rings (SSSR count). The third-order valence-electron chi connectivity index (χ3n) is 3.82. The summed E-state index contributed by atoms with van der Waals surface area (Å²) in [5.41, 5.74) is 1.89. The number of aliphatic imine (C=N–C) groups is 1. The minimum absolute atomic E-state index is 0. The van der Waals surface area contributed by atoms with Gasteiger partial charge in [-0.15, -0.1) is 24.0 Å². The highest BCUT2D eigenvalue weighted by atomic mass is 127. The molecule has 0 heterocycles. The van der Waals surface area contributed by atoms with E-state index >= 15 is 0 Å². The molecule has 0 aliphatic carbocycles. The number of nitrogens with one attached hydrogen (secondary N) is 2. The molecule has 0 aliphatic rings. The maximum Gasteiger partial charge on any atom is 0.195 e. The van der Waals surface area contributed by atoms with Crippen LogP contribution < -0.4 is 24.8 Å². The van der Waals surface area contributed by atoms with E-state index in [1.54, 1.807) is 28.4 Å². The molecule has 0 radical (unpaired) electrons. The number of guanidine groups is 1. The highest BCUT2D eigenvalue weighted by Crippen LogP contribution is 2.29. The predicted molar refractivity (Wildman–Crippen MR) is 122 cm³/mol. The van der Waals surface area contributed by atoms with E-state index in [-0.39, 0.29) is 24.0 Å². The highest BCUT2D eigenvalue weighted by Gasteiger charge is 2.07. The fourth-order valence-electron chi connectivity index (χ4n) is 2.40. The van der Waals surface area contributed by atoms with Gasteiger partial charge in [0.25, 0.3) is 0 Å². The number of methoxy groups -OCH3 is 3. The van der Waals surface area contributed by atoms with Gasteiger partial charge in [0, 0.05) is 30.4 Å². The second kappa shape index (κ2) is 11.8. The smallest absolute Gasteiger partial charge is 0.195 e. The van der Waals surface area contributed by atoms with E-state index in [2.05, 4.69) is 15.6 Å². The van der Waals surface area contributed by atoms with Crippen LogP contribution in [0.25, 0.3) is 0 Å². The summed E-state index contributed by atoms with van der Waals surface area (Å²) in [6.07, 6.45) is 0.759. The Kier molecular flexibility index (Phi) is 10.1. The van der Waals surface area contributed by atoms with E-state index in [4.69, 9.17) is 25.8 Å². The second-order valence-corrected chi connectivity index (χ2v) is 5.81. The molecule has 0 aromatic heterocycles. The molecular weight excluding hydrogens is 481 g/mol. The number of benzene rings is 2. The summed E-state index contributed by atoms with van der Waals surface area (Å²) >= 11 is 6.27. The van der Waals surface area contributed by atoms with E-state index in [0.29, 0.717) is 29.0 Å². The van der Waals surface area contributed by atoms with Crippen molar-refractivity contribution in [1.82, 2.24) is 5.32 Å². The molecule has 0 saturated heterocycles. The molecule has 0 unspecified atom stereocenters. The van der Waals surface area contributed by atoms with Crippen LogP contribution in [0.5, 0.6) is 17.2 Å². The number of hydrogen-bond donors (Lipinski definition) is 2. The van der Waals surface area contributed by atoms with Crippen molar-refractivity contribution in [2.75, 3.05) is 40.2 Å². The van der Waals surface area contributed by atoms with Gasteiger partial charge < -0.3 is 24.8 Å². The quantitative estimate of drug-likeness (QED) is 0.335. The zero-order valence-electron chi connectivity index (χ0n) is 15.8. The van der Waals surface area contributed by atoms with Crippen LogP contribution in [-0.4, -0.2) is 40.9 Å². The summed E-state index contributed by atoms with van der Waals surface area (Å²) in [4.78, 5) is 4.23. The summed E-state index contributed by atoms with van der Waals surface area (Å²) < 4.78 is 15.7. The molecular formula is C19H25ClIN3O3. The predicted octanol–water partition coefficient (Wildman–Crippen LogP) is 4.21. The normalized spacial score (nSPS) is 10.6. The Morgan fingerprint density at radius 1 is 1.00 bits per heavy atom. The van der Waals surface area contributed by atoms with Crippen molar-refractivity contribution >= 4 is 47.2 Å². The van der Waals surface area contributed by atoms with E-state index in [1.165, 1.54) is 0 Å². The fourth-order valence-corrected chi connectivity index (χ4v) is 2.67. The van der Waals surface area contributed by atoms with Gasteiger partial charge in [-0.05, 0) is 36.2 Å². The van der Waals surface area contributed by atoms with E-state index in [1.807, 2.05) is 36.4 Å². The summed E-state index contributed by atoms with van der Waals surface area (Å²) in [5, 5.41) is 7.18. The average Bonchev–Trinajstić information content (AvgIpc) is 2.67. The van der Waals surface area contributed by atoms with Crippen molar-refractivity contribution in [2.24, 2.45) is 4.99 Å². The number of rotatable bonds is 7. The van der Waals surface area contributed by atoms with Gasteiger partial charge in [-0.2, -0.15) is 0 Å². The van der Waals surface area contributed by atoms with Crippen molar-refractivity contribution in [3.8, 4) is 17.2 Å². The number of anilines is 1. The molecule has 0 amide bonds. The van der Waals surface area contributed by atoms with Crippen LogP contribution in [0, 0.1) is 0 Å². The summed E-state index contributed by atoms with van der Waals surface area (Å²) in [7, 11) is 6.55. The van der Waals surface area contributed by atoms with Crippen molar-refractivity contribution in [2.45, 2.75) is 6.42 Å². The zero-order chi connectivity index (χ0) is 18.9. The fraction of sp³-hybridized carbons (Fsp3) is 0.316. The van der Waals surface area contributed by atoms with E-state index < -0.39 is 0 Å². The van der Waals surface area contributed by atoms with Gasteiger partial charge in [0.15, 0.2) is 17.5 Å². The molecule has 0 atom stereocenters. The third-order valence-corrected chi connectivity index (χ3v) is 4.17. The maximum absolute atomic E-state index is 6.27. The highest BCUT2D eigenvalue weighted by molar-refractivity contribution is 14.0. The molecule has 148 valence electrons. The number of hydrogen-bond acceptors (Lipinski definition) is 4. The Bertz CT molecular complexity index is 772. The molecule has 2 aromatic carbocycles. The first-order valence-corrected chi connectivity index (χ1v) is 8.51. The van der Waals surface area contributed by atoms with Crippen LogP contribution in [0.15, 0.2) is 41.4 Å². The minimum atomic E-state index is 0. The van der Waals surface area contributed by atoms with Crippen molar-refractivity contribution in [3.63, 3.8) is 0 Å². The third kappa shape index (κ3) is 6.66. The first-order valence-electron chi connectivity index (χ1n) is 8.13. The number of nitrogens with zero attached hydrogens (tertiary/aromatic N) is 1. The molecule has 6 nitrogen and oxygen atoms in total. The molecule has 2 N–H and O–H groups in total. The van der Waals surface area contributed by atoms with Crippen molar-refractivity contribution in [1.29, 1.82) is 0 Å². The topological polar surface area (TPSA) is 64.1 Å². The minimum Gasteiger partial charge on any atom is -0.497 e. The largest absolute Gasteiger partial charge is 0.497 e. The molecule has 0 spiro atoms. The van der Waals surface area contributed by atoms with Crippen LogP contribution >= 0.6 is 35.6 Å². The summed E-state index contributed by atoms with van der Waals surface area (Å²) in [6, 6.07) is 11.3. The first-order chi connectivity index (χ1) is 12.6. The lowest BCUT2D eigenvalue weighted by atomic mass is 10.1. The maximum atomic E-state index is 6.27. The first kappa shape index (κ1) is 23.2. The summed E-state index contributed by atoms with van der Waals surface area (Å²) in [6.45, 7) is 0.680. The Labute approximate surface area is 182 Å². The van der Waals surface area contributed by atoms with Crippen LogP contribution in [0.4, 0.5) is 5.69 Å². The van der Waals surface area contributed by atoms with Crippen LogP contribution in [0.3, 0.4) is 0 Å². The van der Waals surface area contributed by atoms with E-state index in [0.717, 1.165) is 23.4 Å². The molecule has 0 bridgehead atoms. The Hall–Kier alpha value is -1.87. The number of ether oxygens (including phenoxy) is 3. The van der Waals surface area contributed by atoms with Crippen LogP contribution in [0.2, 0.25) is 5.02 Å². The van der Waals surface area contributed by atoms with Gasteiger partial charge in [0.2, 0.25) is 0 Å². The lowest BCUT2D eigenvalue weighted by Gasteiger charge is -2.14. The number of halogens is 2.